The smallest absolute Gasteiger partial charge is 0.0233 e. The zero-order chi connectivity index (χ0) is 12.1. The lowest BCUT2D eigenvalue weighted by molar-refractivity contribution is 0.234. The summed E-state index contributed by atoms with van der Waals surface area (Å²) < 4.78 is 0. The van der Waals surface area contributed by atoms with Crippen LogP contribution in [0.25, 0.3) is 0 Å². The van der Waals surface area contributed by atoms with Gasteiger partial charge in [0.05, 0.1) is 0 Å². The molecule has 0 aliphatic carbocycles. The first-order valence-corrected chi connectivity index (χ1v) is 6.69. The quantitative estimate of drug-likeness (QED) is 0.857. The Balaban J connectivity index is 1.84. The van der Waals surface area contributed by atoms with Crippen LogP contribution >= 0.6 is 0 Å². The molecule has 17 heavy (non-hydrogen) atoms. The second-order valence-corrected chi connectivity index (χ2v) is 5.32. The van der Waals surface area contributed by atoms with Crippen molar-refractivity contribution in [1.82, 2.24) is 10.2 Å². The third-order valence-corrected chi connectivity index (χ3v) is 3.73. The SMILES string of the molecule is Cc1ccccc1CN(C)CC1CCNCC1. The standard InChI is InChI=1S/C15H24N2/c1-13-5-3-4-6-15(13)12-17(2)11-14-7-9-16-10-8-14/h3-6,14,16H,7-12H2,1-2H3. The van der Waals surface area contributed by atoms with E-state index in [0.717, 1.165) is 12.5 Å². The van der Waals surface area contributed by atoms with Gasteiger partial charge in [-0.05, 0) is 56.9 Å². The summed E-state index contributed by atoms with van der Waals surface area (Å²) in [6.45, 7) is 6.91. The topological polar surface area (TPSA) is 15.3 Å². The molecule has 1 N–H and O–H groups in total. The number of hydrogen-bond donors (Lipinski definition) is 1. The number of nitrogens with zero attached hydrogens (tertiary/aromatic N) is 1. The van der Waals surface area contributed by atoms with E-state index in [1.807, 2.05) is 0 Å². The van der Waals surface area contributed by atoms with Crippen LogP contribution < -0.4 is 5.32 Å². The molecule has 1 heterocycles. The Hall–Kier alpha value is -0.860. The Morgan fingerprint density at radius 2 is 1.94 bits per heavy atom. The highest BCUT2D eigenvalue weighted by molar-refractivity contribution is 5.25. The zero-order valence-corrected chi connectivity index (χ0v) is 11.1. The monoisotopic (exact) mass is 232 g/mol. The molecule has 0 unspecified atom stereocenters. The molecule has 0 saturated carbocycles. The Kier molecular flexibility index (Phi) is 4.57. The van der Waals surface area contributed by atoms with Gasteiger partial charge in [-0.3, -0.25) is 0 Å². The van der Waals surface area contributed by atoms with Gasteiger partial charge in [-0.25, -0.2) is 0 Å². The van der Waals surface area contributed by atoms with Crippen LogP contribution in [0.4, 0.5) is 0 Å². The fraction of sp³-hybridized carbons (Fsp3) is 0.600. The predicted molar refractivity (Wildman–Crippen MR) is 73.1 cm³/mol. The van der Waals surface area contributed by atoms with E-state index in [1.54, 1.807) is 0 Å². The molecule has 1 aliphatic heterocycles. The first-order chi connectivity index (χ1) is 8.25. The summed E-state index contributed by atoms with van der Waals surface area (Å²) in [6.07, 6.45) is 2.66. The minimum Gasteiger partial charge on any atom is -0.317 e. The molecular weight excluding hydrogens is 208 g/mol. The van der Waals surface area contributed by atoms with Crippen LogP contribution in [-0.4, -0.2) is 31.6 Å². The van der Waals surface area contributed by atoms with Crippen molar-refractivity contribution in [2.24, 2.45) is 5.92 Å². The van der Waals surface area contributed by atoms with Gasteiger partial charge in [-0.2, -0.15) is 0 Å². The molecule has 2 nitrogen and oxygen atoms in total. The number of aryl methyl sites for hydroxylation is 1. The fourth-order valence-electron chi connectivity index (χ4n) is 2.65. The Morgan fingerprint density at radius 1 is 1.24 bits per heavy atom. The largest absolute Gasteiger partial charge is 0.317 e. The predicted octanol–water partition coefficient (Wildman–Crippen LogP) is 2.43. The molecule has 1 aliphatic rings. The first kappa shape index (κ1) is 12.6. The third-order valence-electron chi connectivity index (χ3n) is 3.73. The third kappa shape index (κ3) is 3.83. The van der Waals surface area contributed by atoms with Gasteiger partial charge >= 0.3 is 0 Å². The number of nitrogens with one attached hydrogen (secondary N) is 1. The van der Waals surface area contributed by atoms with E-state index >= 15 is 0 Å². The van der Waals surface area contributed by atoms with Crippen LogP contribution in [0.1, 0.15) is 24.0 Å². The Labute approximate surface area is 105 Å². The van der Waals surface area contributed by atoms with Crippen molar-refractivity contribution in [3.63, 3.8) is 0 Å². The van der Waals surface area contributed by atoms with Crippen molar-refractivity contribution in [1.29, 1.82) is 0 Å². The molecule has 1 fully saturated rings. The lowest BCUT2D eigenvalue weighted by Crippen LogP contribution is -2.34. The molecule has 1 aromatic carbocycles. The van der Waals surface area contributed by atoms with Crippen LogP contribution in [-0.2, 0) is 6.54 Å². The molecule has 0 radical (unpaired) electrons. The van der Waals surface area contributed by atoms with Crippen molar-refractivity contribution < 1.29 is 0 Å². The second-order valence-electron chi connectivity index (χ2n) is 5.32. The van der Waals surface area contributed by atoms with E-state index < -0.39 is 0 Å². The van der Waals surface area contributed by atoms with E-state index in [0.29, 0.717) is 0 Å². The van der Waals surface area contributed by atoms with Crippen LogP contribution in [0, 0.1) is 12.8 Å². The van der Waals surface area contributed by atoms with Gasteiger partial charge in [-0.1, -0.05) is 24.3 Å². The van der Waals surface area contributed by atoms with E-state index in [2.05, 4.69) is 48.5 Å². The van der Waals surface area contributed by atoms with Gasteiger partial charge in [-0.15, -0.1) is 0 Å². The van der Waals surface area contributed by atoms with Crippen LogP contribution in [0.5, 0.6) is 0 Å². The number of hydrogen-bond acceptors (Lipinski definition) is 2. The molecule has 0 amide bonds. The van der Waals surface area contributed by atoms with Crippen LogP contribution in [0.3, 0.4) is 0 Å². The summed E-state index contributed by atoms with van der Waals surface area (Å²) in [5.74, 6) is 0.880. The summed E-state index contributed by atoms with van der Waals surface area (Å²) in [5, 5.41) is 3.43. The summed E-state index contributed by atoms with van der Waals surface area (Å²) in [4.78, 5) is 2.47. The molecule has 0 bridgehead atoms. The van der Waals surface area contributed by atoms with Crippen molar-refractivity contribution in [2.75, 3.05) is 26.7 Å². The van der Waals surface area contributed by atoms with Gasteiger partial charge in [0.2, 0.25) is 0 Å². The highest BCUT2D eigenvalue weighted by Crippen LogP contribution is 2.15. The maximum absolute atomic E-state index is 3.43. The van der Waals surface area contributed by atoms with E-state index in [9.17, 15) is 0 Å². The molecule has 1 aromatic rings. The van der Waals surface area contributed by atoms with Crippen molar-refractivity contribution in [2.45, 2.75) is 26.3 Å². The Morgan fingerprint density at radius 3 is 2.65 bits per heavy atom. The fourth-order valence-corrected chi connectivity index (χ4v) is 2.65. The molecule has 1 saturated heterocycles. The molecule has 2 heteroatoms. The summed E-state index contributed by atoms with van der Waals surface area (Å²) >= 11 is 0. The number of benzene rings is 1. The molecule has 0 spiro atoms. The van der Waals surface area contributed by atoms with Gasteiger partial charge < -0.3 is 10.2 Å². The van der Waals surface area contributed by atoms with Crippen molar-refractivity contribution >= 4 is 0 Å². The number of piperidine rings is 1. The minimum absolute atomic E-state index is 0.880. The van der Waals surface area contributed by atoms with Crippen LogP contribution in [0.2, 0.25) is 0 Å². The van der Waals surface area contributed by atoms with E-state index in [-0.39, 0.29) is 0 Å². The van der Waals surface area contributed by atoms with E-state index in [1.165, 1.54) is 43.6 Å². The lowest BCUT2D eigenvalue weighted by atomic mass is 9.97. The second kappa shape index (κ2) is 6.18. The molecule has 94 valence electrons. The highest BCUT2D eigenvalue weighted by Gasteiger charge is 2.15. The van der Waals surface area contributed by atoms with Crippen molar-refractivity contribution in [3.05, 3.63) is 35.4 Å². The lowest BCUT2D eigenvalue weighted by Gasteiger charge is -2.27. The summed E-state index contributed by atoms with van der Waals surface area (Å²) in [6, 6.07) is 8.70. The van der Waals surface area contributed by atoms with Crippen LogP contribution in [0.15, 0.2) is 24.3 Å². The maximum Gasteiger partial charge on any atom is 0.0233 e. The Bertz CT molecular complexity index is 343. The summed E-state index contributed by atoms with van der Waals surface area (Å²) in [5.41, 5.74) is 2.87. The maximum atomic E-state index is 3.43. The summed E-state index contributed by atoms with van der Waals surface area (Å²) in [7, 11) is 2.24. The average Bonchev–Trinajstić information content (AvgIpc) is 2.33. The first-order valence-electron chi connectivity index (χ1n) is 6.69. The molecule has 0 aromatic heterocycles. The normalized spacial score (nSPS) is 17.6. The van der Waals surface area contributed by atoms with Gasteiger partial charge in [0, 0.05) is 13.1 Å². The van der Waals surface area contributed by atoms with Crippen molar-refractivity contribution in [3.8, 4) is 0 Å². The molecular formula is C15H24N2. The minimum atomic E-state index is 0.880. The van der Waals surface area contributed by atoms with E-state index in [4.69, 9.17) is 0 Å². The van der Waals surface area contributed by atoms with Gasteiger partial charge in [0.25, 0.3) is 0 Å². The average molecular weight is 232 g/mol. The highest BCUT2D eigenvalue weighted by atomic mass is 15.1. The van der Waals surface area contributed by atoms with Gasteiger partial charge in [0.15, 0.2) is 0 Å². The van der Waals surface area contributed by atoms with Gasteiger partial charge in [0.1, 0.15) is 0 Å². The molecule has 0 atom stereocenters. The zero-order valence-electron chi connectivity index (χ0n) is 11.1. The molecule has 2 rings (SSSR count). The number of rotatable bonds is 4.